The zero-order valence-electron chi connectivity index (χ0n) is 16.2. The molecule has 1 N–H and O–H groups in total. The van der Waals surface area contributed by atoms with Crippen LogP contribution < -0.4 is 11.2 Å². The van der Waals surface area contributed by atoms with Crippen LogP contribution in [0.4, 0.5) is 0 Å². The van der Waals surface area contributed by atoms with Gasteiger partial charge in [-0.25, -0.2) is 9.59 Å². The van der Waals surface area contributed by atoms with Crippen LogP contribution in [-0.2, 0) is 23.8 Å². The minimum absolute atomic E-state index is 0.283. The average Bonchev–Trinajstić information content (AvgIpc) is 2.70. The van der Waals surface area contributed by atoms with Gasteiger partial charge in [-0.2, -0.15) is 8.42 Å². The number of benzene rings is 1. The summed E-state index contributed by atoms with van der Waals surface area (Å²) < 4.78 is 40.0. The summed E-state index contributed by atoms with van der Waals surface area (Å²) >= 11 is 1.98. The third kappa shape index (κ3) is 7.34. The Morgan fingerprint density at radius 1 is 1.20 bits per heavy atom. The average molecular weight is 552 g/mol. The number of ether oxygens (including phenoxy) is 2. The van der Waals surface area contributed by atoms with Gasteiger partial charge in [0.1, 0.15) is 18.9 Å². The van der Waals surface area contributed by atoms with Crippen molar-refractivity contribution in [1.82, 2.24) is 9.55 Å². The molecule has 0 fully saturated rings. The first kappa shape index (κ1) is 24.2. The maximum absolute atomic E-state index is 12.2. The Kier molecular flexibility index (Phi) is 8.76. The van der Waals surface area contributed by atoms with Gasteiger partial charge in [-0.3, -0.25) is 18.5 Å². The lowest BCUT2D eigenvalue weighted by Crippen LogP contribution is -2.38. The number of carbonyl (C=O) groups is 1. The van der Waals surface area contributed by atoms with E-state index in [0.29, 0.717) is 11.1 Å². The highest BCUT2D eigenvalue weighted by Gasteiger charge is 2.23. The number of H-pyrrole nitrogens is 1. The molecule has 0 radical (unpaired) electrons. The maximum atomic E-state index is 12.2. The Labute approximate surface area is 186 Å². The van der Waals surface area contributed by atoms with Crippen LogP contribution in [0, 0.1) is 6.92 Å². The van der Waals surface area contributed by atoms with Gasteiger partial charge in [0.05, 0.1) is 18.4 Å². The summed E-state index contributed by atoms with van der Waals surface area (Å²) in [6.45, 7) is 0.795. The number of esters is 1. The molecule has 2 atom stereocenters. The van der Waals surface area contributed by atoms with Gasteiger partial charge >= 0.3 is 11.7 Å². The fraction of sp³-hybridized carbons (Fsp3) is 0.389. The van der Waals surface area contributed by atoms with Crippen LogP contribution in [0.25, 0.3) is 0 Å². The van der Waals surface area contributed by atoms with Crippen LogP contribution in [0.2, 0.25) is 0 Å². The quantitative estimate of drug-likeness (QED) is 0.200. The highest BCUT2D eigenvalue weighted by molar-refractivity contribution is 14.1. The minimum atomic E-state index is -3.78. The van der Waals surface area contributed by atoms with E-state index in [1.165, 1.54) is 17.7 Å². The van der Waals surface area contributed by atoms with Crippen molar-refractivity contribution in [2.24, 2.45) is 0 Å². The van der Waals surface area contributed by atoms with E-state index in [4.69, 9.17) is 13.7 Å². The zero-order chi connectivity index (χ0) is 22.3. The highest BCUT2D eigenvalue weighted by Crippen LogP contribution is 2.15. The number of hydrogen-bond donors (Lipinski definition) is 1. The summed E-state index contributed by atoms with van der Waals surface area (Å²) in [7, 11) is -3.78. The summed E-state index contributed by atoms with van der Waals surface area (Å²) in [5.74, 6) is -0.619. The number of aromatic amines is 1. The fourth-order valence-electron chi connectivity index (χ4n) is 2.35. The molecule has 1 aromatic heterocycles. The number of hydrogen-bond acceptors (Lipinski definition) is 8. The standard InChI is InChI=1S/C18H21IN2O8S/c1-12-9-21(18(24)20-16(12)22)15(8-19)29-14(11-28-30(2,25)26)10-27-17(23)13-6-4-3-5-7-13/h3-7,9,14-15H,8,10-11H2,1-2H3,(H,20,22,24)/t14-,15-/m1/s1. The molecular formula is C18H21IN2O8S. The van der Waals surface area contributed by atoms with Gasteiger partial charge < -0.3 is 9.47 Å². The molecular weight excluding hydrogens is 531 g/mol. The second-order valence-corrected chi connectivity index (χ2v) is 8.82. The summed E-state index contributed by atoms with van der Waals surface area (Å²) in [6, 6.07) is 8.24. The van der Waals surface area contributed by atoms with E-state index in [1.54, 1.807) is 30.3 Å². The smallest absolute Gasteiger partial charge is 0.338 e. The van der Waals surface area contributed by atoms with E-state index < -0.39 is 46.3 Å². The Bertz CT molecular complexity index is 1080. The van der Waals surface area contributed by atoms with Crippen molar-refractivity contribution in [2.75, 3.05) is 23.9 Å². The van der Waals surface area contributed by atoms with Gasteiger partial charge in [0.25, 0.3) is 15.7 Å². The van der Waals surface area contributed by atoms with Crippen LogP contribution in [0.3, 0.4) is 0 Å². The van der Waals surface area contributed by atoms with Crippen LogP contribution in [0.15, 0.2) is 46.1 Å². The monoisotopic (exact) mass is 552 g/mol. The summed E-state index contributed by atoms with van der Waals surface area (Å²) in [6.07, 6.45) is 0.365. The molecule has 0 saturated carbocycles. The molecule has 10 nitrogen and oxygen atoms in total. The molecule has 0 aliphatic rings. The van der Waals surface area contributed by atoms with Crippen molar-refractivity contribution < 1.29 is 26.9 Å². The van der Waals surface area contributed by atoms with Crippen LogP contribution in [0.5, 0.6) is 0 Å². The van der Waals surface area contributed by atoms with E-state index in [9.17, 15) is 22.8 Å². The normalized spacial score (nSPS) is 13.6. The lowest BCUT2D eigenvalue weighted by Gasteiger charge is -2.24. The second-order valence-electron chi connectivity index (χ2n) is 6.30. The molecule has 0 spiro atoms. The maximum Gasteiger partial charge on any atom is 0.338 e. The lowest BCUT2D eigenvalue weighted by molar-refractivity contribution is -0.0827. The molecule has 164 valence electrons. The number of halogens is 1. The second kappa shape index (κ2) is 10.8. The van der Waals surface area contributed by atoms with Crippen LogP contribution in [0.1, 0.15) is 22.1 Å². The number of nitrogens with one attached hydrogen (secondary N) is 1. The van der Waals surface area contributed by atoms with Gasteiger partial charge in [0.2, 0.25) is 0 Å². The van der Waals surface area contributed by atoms with E-state index in [1.807, 2.05) is 22.6 Å². The minimum Gasteiger partial charge on any atom is -0.459 e. The first-order valence-electron chi connectivity index (χ1n) is 8.70. The van der Waals surface area contributed by atoms with Crippen molar-refractivity contribution in [3.05, 3.63) is 68.5 Å². The van der Waals surface area contributed by atoms with Gasteiger partial charge in [0.15, 0.2) is 0 Å². The predicted molar refractivity (Wildman–Crippen MR) is 116 cm³/mol. The molecule has 12 heteroatoms. The van der Waals surface area contributed by atoms with E-state index in [0.717, 1.165) is 6.26 Å². The van der Waals surface area contributed by atoms with Gasteiger partial charge in [0, 0.05) is 16.2 Å². The highest BCUT2D eigenvalue weighted by atomic mass is 127. The summed E-state index contributed by atoms with van der Waals surface area (Å²) in [5.41, 5.74) is -0.584. The van der Waals surface area contributed by atoms with Gasteiger partial charge in [-0.05, 0) is 19.1 Å². The molecule has 1 heterocycles. The zero-order valence-corrected chi connectivity index (χ0v) is 19.2. The molecule has 30 heavy (non-hydrogen) atoms. The van der Waals surface area contributed by atoms with E-state index in [2.05, 4.69) is 4.98 Å². The predicted octanol–water partition coefficient (Wildman–Crippen LogP) is 0.997. The third-order valence-corrected chi connectivity index (χ3v) is 5.13. The fourth-order valence-corrected chi connectivity index (χ4v) is 3.38. The third-order valence-electron chi connectivity index (χ3n) is 3.82. The first-order valence-corrected chi connectivity index (χ1v) is 12.0. The molecule has 0 saturated heterocycles. The number of nitrogens with zero attached hydrogens (tertiary/aromatic N) is 1. The van der Waals surface area contributed by atoms with Crippen molar-refractivity contribution >= 4 is 38.7 Å². The molecule has 1 aromatic carbocycles. The number of alkyl halides is 1. The number of carbonyl (C=O) groups excluding carboxylic acids is 1. The number of aryl methyl sites for hydroxylation is 1. The van der Waals surface area contributed by atoms with Gasteiger partial charge in [-0.1, -0.05) is 40.8 Å². The molecule has 2 rings (SSSR count). The van der Waals surface area contributed by atoms with Crippen molar-refractivity contribution in [1.29, 1.82) is 0 Å². The van der Waals surface area contributed by atoms with E-state index >= 15 is 0 Å². The molecule has 0 aliphatic carbocycles. The molecule has 2 aromatic rings. The number of aromatic nitrogens is 2. The van der Waals surface area contributed by atoms with Crippen LogP contribution in [-0.4, -0.2) is 53.9 Å². The Hall–Kier alpha value is -2.03. The largest absolute Gasteiger partial charge is 0.459 e. The summed E-state index contributed by atoms with van der Waals surface area (Å²) in [4.78, 5) is 38.1. The Balaban J connectivity index is 2.18. The molecule has 0 amide bonds. The molecule has 0 bridgehead atoms. The molecule has 0 unspecified atom stereocenters. The van der Waals surface area contributed by atoms with Crippen molar-refractivity contribution in [3.63, 3.8) is 0 Å². The SMILES string of the molecule is Cc1cn([C@@H](CI)O[C@H](COC(=O)c2ccccc2)COS(C)(=O)=O)c(=O)[nH]c1=O. The lowest BCUT2D eigenvalue weighted by atomic mass is 10.2. The first-order chi connectivity index (χ1) is 14.1. The van der Waals surface area contributed by atoms with Gasteiger partial charge in [-0.15, -0.1) is 0 Å². The summed E-state index contributed by atoms with van der Waals surface area (Å²) in [5, 5.41) is 0. The number of rotatable bonds is 10. The van der Waals surface area contributed by atoms with Crippen molar-refractivity contribution in [3.8, 4) is 0 Å². The molecule has 0 aliphatic heterocycles. The van der Waals surface area contributed by atoms with E-state index in [-0.39, 0.29) is 11.0 Å². The van der Waals surface area contributed by atoms with Crippen molar-refractivity contribution in [2.45, 2.75) is 19.3 Å². The Morgan fingerprint density at radius 2 is 1.87 bits per heavy atom. The topological polar surface area (TPSA) is 134 Å². The Morgan fingerprint density at radius 3 is 2.47 bits per heavy atom. The van der Waals surface area contributed by atoms with Crippen LogP contribution >= 0.6 is 22.6 Å².